The number of fused-ring (bicyclic) bond motifs is 4. The maximum Gasteiger partial charge on any atom is 0.226 e. The van der Waals surface area contributed by atoms with Crippen LogP contribution in [0.4, 0.5) is 0 Å². The van der Waals surface area contributed by atoms with Gasteiger partial charge < -0.3 is 9.80 Å². The Hall–Kier alpha value is -1.06. The molecule has 0 aromatic rings. The van der Waals surface area contributed by atoms with Crippen LogP contribution in [0.15, 0.2) is 0 Å². The van der Waals surface area contributed by atoms with Gasteiger partial charge in [-0.25, -0.2) is 0 Å². The summed E-state index contributed by atoms with van der Waals surface area (Å²) in [6.45, 7) is 17.1. The van der Waals surface area contributed by atoms with Crippen molar-refractivity contribution < 1.29 is 9.59 Å². The van der Waals surface area contributed by atoms with E-state index in [0.717, 1.165) is 39.0 Å². The first-order valence-corrected chi connectivity index (χ1v) is 12.5. The lowest BCUT2D eigenvalue weighted by atomic mass is 9.66. The summed E-state index contributed by atoms with van der Waals surface area (Å²) in [5.74, 6) is 2.49. The fraction of sp³-hybridized carbons (Fsp3) is 0.923. The van der Waals surface area contributed by atoms with Crippen molar-refractivity contribution >= 4 is 11.8 Å². The molecule has 5 aliphatic rings. The average Bonchev–Trinajstić information content (AvgIpc) is 3.24. The van der Waals surface area contributed by atoms with Crippen molar-refractivity contribution in [3.63, 3.8) is 0 Å². The smallest absolute Gasteiger partial charge is 0.226 e. The Bertz CT molecular complexity index is 701. The van der Waals surface area contributed by atoms with E-state index >= 15 is 0 Å². The van der Waals surface area contributed by atoms with Gasteiger partial charge in [-0.15, -0.1) is 0 Å². The normalized spacial score (nSPS) is 45.9. The molecule has 0 aromatic carbocycles. The summed E-state index contributed by atoms with van der Waals surface area (Å²) < 4.78 is 0. The molecule has 6 atom stereocenters. The van der Waals surface area contributed by atoms with Gasteiger partial charge in [0, 0.05) is 38.0 Å². The fourth-order valence-corrected chi connectivity index (χ4v) is 8.74. The molecule has 168 valence electrons. The van der Waals surface area contributed by atoms with E-state index in [9.17, 15) is 9.59 Å². The largest absolute Gasteiger partial charge is 0.339 e. The van der Waals surface area contributed by atoms with E-state index in [2.05, 4.69) is 51.3 Å². The first-order chi connectivity index (χ1) is 13.9. The topological polar surface area (TPSA) is 40.6 Å². The third-order valence-corrected chi connectivity index (χ3v) is 12.1. The van der Waals surface area contributed by atoms with Gasteiger partial charge >= 0.3 is 0 Å². The molecule has 0 N–H and O–H groups in total. The van der Waals surface area contributed by atoms with Crippen molar-refractivity contribution in [3.05, 3.63) is 0 Å². The highest BCUT2D eigenvalue weighted by Gasteiger charge is 2.65. The van der Waals surface area contributed by atoms with Crippen molar-refractivity contribution in [1.82, 2.24) is 9.80 Å². The molecule has 0 spiro atoms. The summed E-state index contributed by atoms with van der Waals surface area (Å²) in [4.78, 5) is 31.1. The lowest BCUT2D eigenvalue weighted by Gasteiger charge is -2.44. The molecule has 5 fully saturated rings. The Morgan fingerprint density at radius 2 is 0.967 bits per heavy atom. The van der Waals surface area contributed by atoms with Crippen LogP contribution in [0, 0.1) is 45.3 Å². The van der Waals surface area contributed by atoms with Gasteiger partial charge in [-0.05, 0) is 72.0 Å². The maximum atomic E-state index is 13.5. The minimum absolute atomic E-state index is 0.144. The molecule has 1 heterocycles. The van der Waals surface area contributed by atoms with Crippen molar-refractivity contribution in [2.24, 2.45) is 45.3 Å². The molecule has 2 amide bonds. The van der Waals surface area contributed by atoms with E-state index in [1.165, 1.54) is 25.7 Å². The molecule has 4 aliphatic carbocycles. The van der Waals surface area contributed by atoms with E-state index in [4.69, 9.17) is 0 Å². The summed E-state index contributed by atoms with van der Waals surface area (Å²) >= 11 is 0. The molecule has 4 heteroatoms. The third kappa shape index (κ3) is 2.40. The van der Waals surface area contributed by atoms with Crippen LogP contribution in [-0.4, -0.2) is 47.8 Å². The molecule has 0 radical (unpaired) electrons. The van der Waals surface area contributed by atoms with Crippen LogP contribution in [0.1, 0.15) is 80.1 Å². The number of rotatable bonds is 2. The first-order valence-electron chi connectivity index (χ1n) is 12.5. The number of hydrogen-bond acceptors (Lipinski definition) is 2. The van der Waals surface area contributed by atoms with Crippen LogP contribution in [0.3, 0.4) is 0 Å². The van der Waals surface area contributed by atoms with E-state index in [0.29, 0.717) is 23.7 Å². The van der Waals surface area contributed by atoms with Gasteiger partial charge in [0.2, 0.25) is 11.8 Å². The molecule has 30 heavy (non-hydrogen) atoms. The molecule has 1 saturated heterocycles. The molecule has 6 unspecified atom stereocenters. The zero-order valence-corrected chi connectivity index (χ0v) is 20.1. The standard InChI is InChI=1S/C26H42N2O2/c1-23(2)17-7-9-25(23,5)19(15-17)21(29)27-11-13-28(14-12-27)22(30)20-16-18-8-10-26(20,6)24(18,3)4/h17-20H,7-16H2,1-6H3. The molecule has 5 rings (SSSR count). The SMILES string of the molecule is CC1(C)C2CCC1(C)C(C(=O)N1CCN(C(=O)C3CC4CCC3(C)C4(C)C)CC1)C2. The minimum atomic E-state index is 0.144. The van der Waals surface area contributed by atoms with Crippen LogP contribution < -0.4 is 0 Å². The van der Waals surface area contributed by atoms with Gasteiger partial charge in [-0.1, -0.05) is 41.5 Å². The number of carbonyl (C=O) groups excluding carboxylic acids is 2. The van der Waals surface area contributed by atoms with E-state index in [1.807, 2.05) is 0 Å². The van der Waals surface area contributed by atoms with Crippen LogP contribution in [0.5, 0.6) is 0 Å². The monoisotopic (exact) mass is 414 g/mol. The lowest BCUT2D eigenvalue weighted by molar-refractivity contribution is -0.149. The van der Waals surface area contributed by atoms with Crippen LogP contribution in [0.25, 0.3) is 0 Å². The highest BCUT2D eigenvalue weighted by Crippen LogP contribution is 2.69. The van der Waals surface area contributed by atoms with Gasteiger partial charge in [0.05, 0.1) is 0 Å². The first kappa shape index (κ1) is 20.8. The van der Waals surface area contributed by atoms with Crippen molar-refractivity contribution in [3.8, 4) is 0 Å². The molecule has 0 aromatic heterocycles. The Kier molecular flexibility index (Phi) is 4.34. The highest BCUT2D eigenvalue weighted by molar-refractivity contribution is 5.83. The zero-order chi connectivity index (χ0) is 21.7. The number of hydrogen-bond donors (Lipinski definition) is 0. The second-order valence-corrected chi connectivity index (χ2v) is 13.0. The summed E-state index contributed by atoms with van der Waals surface area (Å²) in [7, 11) is 0. The van der Waals surface area contributed by atoms with Crippen molar-refractivity contribution in [1.29, 1.82) is 0 Å². The number of nitrogens with zero attached hydrogens (tertiary/aromatic N) is 2. The van der Waals surface area contributed by atoms with Gasteiger partial charge in [-0.2, -0.15) is 0 Å². The molecule has 1 aliphatic heterocycles. The average molecular weight is 415 g/mol. The number of amides is 2. The Morgan fingerprint density at radius 3 is 1.20 bits per heavy atom. The van der Waals surface area contributed by atoms with Gasteiger partial charge in [0.1, 0.15) is 0 Å². The fourth-order valence-electron chi connectivity index (χ4n) is 8.74. The Morgan fingerprint density at radius 1 is 0.633 bits per heavy atom. The number of carbonyl (C=O) groups is 2. The summed E-state index contributed by atoms with van der Waals surface area (Å²) in [6, 6.07) is 0. The van der Waals surface area contributed by atoms with E-state index in [-0.39, 0.29) is 33.5 Å². The molecule has 4 saturated carbocycles. The van der Waals surface area contributed by atoms with Gasteiger partial charge in [-0.3, -0.25) is 9.59 Å². The summed E-state index contributed by atoms with van der Waals surface area (Å²) in [5.41, 5.74) is 0.834. The van der Waals surface area contributed by atoms with Crippen molar-refractivity contribution in [2.45, 2.75) is 80.1 Å². The van der Waals surface area contributed by atoms with Crippen molar-refractivity contribution in [2.75, 3.05) is 26.2 Å². The van der Waals surface area contributed by atoms with Gasteiger partial charge in [0.25, 0.3) is 0 Å². The number of piperazine rings is 1. The quantitative estimate of drug-likeness (QED) is 0.663. The predicted molar refractivity (Wildman–Crippen MR) is 119 cm³/mol. The second kappa shape index (κ2) is 6.25. The second-order valence-electron chi connectivity index (χ2n) is 13.0. The molecular weight excluding hydrogens is 372 g/mol. The van der Waals surface area contributed by atoms with Gasteiger partial charge in [0.15, 0.2) is 0 Å². The Balaban J connectivity index is 1.23. The van der Waals surface area contributed by atoms with Crippen LogP contribution >= 0.6 is 0 Å². The molecule has 4 bridgehead atoms. The predicted octanol–water partition coefficient (Wildman–Crippen LogP) is 4.58. The molecule has 4 nitrogen and oxygen atoms in total. The maximum absolute atomic E-state index is 13.5. The van der Waals surface area contributed by atoms with Crippen LogP contribution in [0.2, 0.25) is 0 Å². The Labute approximate surface area is 183 Å². The zero-order valence-electron chi connectivity index (χ0n) is 20.1. The van der Waals surface area contributed by atoms with E-state index in [1.54, 1.807) is 0 Å². The lowest BCUT2D eigenvalue weighted by Crippen LogP contribution is -2.55. The van der Waals surface area contributed by atoms with E-state index < -0.39 is 0 Å². The molecular formula is C26H42N2O2. The third-order valence-electron chi connectivity index (χ3n) is 12.1. The minimum Gasteiger partial charge on any atom is -0.339 e. The van der Waals surface area contributed by atoms with Crippen LogP contribution in [-0.2, 0) is 9.59 Å². The summed E-state index contributed by atoms with van der Waals surface area (Å²) in [6.07, 6.45) is 7.09. The highest BCUT2D eigenvalue weighted by atomic mass is 16.2. The summed E-state index contributed by atoms with van der Waals surface area (Å²) in [5, 5.41) is 0.